The Hall–Kier alpha value is -0.610. The number of ether oxygens (including phenoxy) is 1. The molecule has 0 amide bonds. The predicted molar refractivity (Wildman–Crippen MR) is 48.4 cm³/mol. The van der Waals surface area contributed by atoms with E-state index < -0.39 is 12.0 Å². The first-order valence-corrected chi connectivity index (χ1v) is 4.76. The van der Waals surface area contributed by atoms with Crippen LogP contribution < -0.4 is 5.73 Å². The van der Waals surface area contributed by atoms with Crippen LogP contribution in [0.3, 0.4) is 0 Å². The molecule has 3 N–H and O–H groups in total. The highest BCUT2D eigenvalue weighted by molar-refractivity contribution is 5.72. The van der Waals surface area contributed by atoms with E-state index in [2.05, 4.69) is 0 Å². The summed E-state index contributed by atoms with van der Waals surface area (Å²) in [7, 11) is 0. The molecule has 1 rings (SSSR count). The summed E-state index contributed by atoms with van der Waals surface area (Å²) in [5, 5.41) is 8.52. The van der Waals surface area contributed by atoms with Crippen LogP contribution in [0.15, 0.2) is 0 Å². The number of rotatable bonds is 5. The van der Waals surface area contributed by atoms with Gasteiger partial charge in [-0.1, -0.05) is 6.42 Å². The molecule has 0 bridgehead atoms. The van der Waals surface area contributed by atoms with Gasteiger partial charge in [0.15, 0.2) is 0 Å². The van der Waals surface area contributed by atoms with Gasteiger partial charge < -0.3 is 15.6 Å². The molecule has 0 radical (unpaired) electrons. The number of carboxylic acid groups (broad SMARTS) is 1. The van der Waals surface area contributed by atoms with Crippen molar-refractivity contribution in [2.75, 3.05) is 13.2 Å². The maximum atomic E-state index is 10.4. The van der Waals surface area contributed by atoms with Gasteiger partial charge in [0.2, 0.25) is 0 Å². The standard InChI is InChI=1S/C9H17NO3/c10-8(9(11)12)3-1-2-7-4-5-13-6-7/h7-8H,1-6,10H2,(H,11,12)/t7?,8-/m1/s1. The number of carbonyl (C=O) groups is 1. The fourth-order valence-electron chi connectivity index (χ4n) is 1.56. The Kier molecular flexibility index (Phi) is 4.18. The number of hydrogen-bond donors (Lipinski definition) is 2. The molecule has 0 aromatic heterocycles. The zero-order chi connectivity index (χ0) is 9.68. The highest BCUT2D eigenvalue weighted by atomic mass is 16.5. The summed E-state index contributed by atoms with van der Waals surface area (Å²) in [6.45, 7) is 1.69. The van der Waals surface area contributed by atoms with Crippen LogP contribution in [-0.4, -0.2) is 30.3 Å². The summed E-state index contributed by atoms with van der Waals surface area (Å²) < 4.78 is 5.21. The van der Waals surface area contributed by atoms with Gasteiger partial charge in [0.05, 0.1) is 0 Å². The fourth-order valence-corrected chi connectivity index (χ4v) is 1.56. The smallest absolute Gasteiger partial charge is 0.320 e. The van der Waals surface area contributed by atoms with Crippen LogP contribution in [0.4, 0.5) is 0 Å². The largest absolute Gasteiger partial charge is 0.480 e. The lowest BCUT2D eigenvalue weighted by Gasteiger charge is -2.08. The topological polar surface area (TPSA) is 72.5 Å². The number of hydrogen-bond acceptors (Lipinski definition) is 3. The minimum absolute atomic E-state index is 0.575. The van der Waals surface area contributed by atoms with Crippen LogP contribution >= 0.6 is 0 Å². The highest BCUT2D eigenvalue weighted by Crippen LogP contribution is 2.19. The van der Waals surface area contributed by atoms with Gasteiger partial charge in [0.1, 0.15) is 6.04 Å². The minimum atomic E-state index is -0.900. The van der Waals surface area contributed by atoms with E-state index in [1.165, 1.54) is 0 Å². The maximum absolute atomic E-state index is 10.4. The second kappa shape index (κ2) is 5.19. The SMILES string of the molecule is N[C@H](CCCC1CCOC1)C(=O)O. The van der Waals surface area contributed by atoms with Crippen molar-refractivity contribution in [2.45, 2.75) is 31.7 Å². The molecule has 13 heavy (non-hydrogen) atoms. The second-order valence-electron chi connectivity index (χ2n) is 3.61. The van der Waals surface area contributed by atoms with E-state index in [0.29, 0.717) is 12.3 Å². The van der Waals surface area contributed by atoms with Gasteiger partial charge >= 0.3 is 5.97 Å². The van der Waals surface area contributed by atoms with E-state index in [-0.39, 0.29) is 0 Å². The Morgan fingerprint density at radius 2 is 2.46 bits per heavy atom. The van der Waals surface area contributed by atoms with E-state index in [1.54, 1.807) is 0 Å². The molecule has 1 aliphatic heterocycles. The van der Waals surface area contributed by atoms with Crippen molar-refractivity contribution in [3.05, 3.63) is 0 Å². The molecule has 4 heteroatoms. The quantitative estimate of drug-likeness (QED) is 0.661. The third kappa shape index (κ3) is 3.74. The Morgan fingerprint density at radius 1 is 1.69 bits per heavy atom. The average Bonchev–Trinajstić information content (AvgIpc) is 2.56. The Labute approximate surface area is 78.1 Å². The summed E-state index contributed by atoms with van der Waals surface area (Å²) in [4.78, 5) is 10.4. The molecular weight excluding hydrogens is 170 g/mol. The summed E-state index contributed by atoms with van der Waals surface area (Å²) in [5.41, 5.74) is 5.37. The molecular formula is C9H17NO3. The average molecular weight is 187 g/mol. The van der Waals surface area contributed by atoms with Gasteiger partial charge in [-0.3, -0.25) is 4.79 Å². The third-order valence-corrected chi connectivity index (χ3v) is 2.47. The molecule has 76 valence electrons. The normalized spacial score (nSPS) is 24.5. The molecule has 2 atom stereocenters. The first kappa shape index (κ1) is 10.5. The Balaban J connectivity index is 2.02. The van der Waals surface area contributed by atoms with E-state index in [9.17, 15) is 4.79 Å². The van der Waals surface area contributed by atoms with Crippen LogP contribution in [-0.2, 0) is 9.53 Å². The summed E-state index contributed by atoms with van der Waals surface area (Å²) in [5.74, 6) is -0.274. The minimum Gasteiger partial charge on any atom is -0.480 e. The van der Waals surface area contributed by atoms with Crippen molar-refractivity contribution >= 4 is 5.97 Å². The van der Waals surface area contributed by atoms with Gasteiger partial charge in [-0.15, -0.1) is 0 Å². The zero-order valence-corrected chi connectivity index (χ0v) is 7.74. The predicted octanol–water partition coefficient (Wildman–Crippen LogP) is 0.605. The molecule has 1 saturated heterocycles. The van der Waals surface area contributed by atoms with Crippen LogP contribution in [0.5, 0.6) is 0 Å². The number of aliphatic carboxylic acids is 1. The van der Waals surface area contributed by atoms with Gasteiger partial charge in [-0.05, 0) is 25.2 Å². The maximum Gasteiger partial charge on any atom is 0.320 e. The van der Waals surface area contributed by atoms with E-state index in [0.717, 1.165) is 32.5 Å². The lowest BCUT2D eigenvalue weighted by Crippen LogP contribution is -2.29. The van der Waals surface area contributed by atoms with Crippen LogP contribution in [0, 0.1) is 5.92 Å². The van der Waals surface area contributed by atoms with E-state index in [1.807, 2.05) is 0 Å². The molecule has 0 spiro atoms. The fraction of sp³-hybridized carbons (Fsp3) is 0.889. The van der Waals surface area contributed by atoms with Crippen molar-refractivity contribution < 1.29 is 14.6 Å². The molecule has 1 fully saturated rings. The Bertz CT molecular complexity index is 166. The molecule has 0 aliphatic carbocycles. The first-order valence-electron chi connectivity index (χ1n) is 4.76. The van der Waals surface area contributed by atoms with Crippen LogP contribution in [0.25, 0.3) is 0 Å². The zero-order valence-electron chi connectivity index (χ0n) is 7.74. The van der Waals surface area contributed by atoms with Crippen molar-refractivity contribution in [1.29, 1.82) is 0 Å². The lowest BCUT2D eigenvalue weighted by atomic mass is 9.99. The number of carboxylic acids is 1. The molecule has 1 unspecified atom stereocenters. The summed E-state index contributed by atoms with van der Waals surface area (Å²) in [6.07, 6.45) is 3.62. The monoisotopic (exact) mass is 187 g/mol. The Morgan fingerprint density at radius 3 is 3.00 bits per heavy atom. The second-order valence-corrected chi connectivity index (χ2v) is 3.61. The third-order valence-electron chi connectivity index (χ3n) is 2.47. The van der Waals surface area contributed by atoms with Gasteiger partial charge in [-0.25, -0.2) is 0 Å². The molecule has 4 nitrogen and oxygen atoms in total. The number of nitrogens with two attached hydrogens (primary N) is 1. The molecule has 0 aromatic rings. The first-order chi connectivity index (χ1) is 6.20. The van der Waals surface area contributed by atoms with Crippen molar-refractivity contribution in [3.63, 3.8) is 0 Å². The molecule has 0 aromatic carbocycles. The summed E-state index contributed by atoms with van der Waals surface area (Å²) >= 11 is 0. The summed E-state index contributed by atoms with van der Waals surface area (Å²) in [6, 6.07) is -0.692. The van der Waals surface area contributed by atoms with Crippen LogP contribution in [0.1, 0.15) is 25.7 Å². The van der Waals surface area contributed by atoms with Gasteiger partial charge in [-0.2, -0.15) is 0 Å². The lowest BCUT2D eigenvalue weighted by molar-refractivity contribution is -0.138. The van der Waals surface area contributed by atoms with Crippen molar-refractivity contribution in [3.8, 4) is 0 Å². The van der Waals surface area contributed by atoms with Gasteiger partial charge in [0, 0.05) is 13.2 Å². The van der Waals surface area contributed by atoms with Crippen molar-refractivity contribution in [2.24, 2.45) is 11.7 Å². The molecule has 1 aliphatic rings. The van der Waals surface area contributed by atoms with Crippen molar-refractivity contribution in [1.82, 2.24) is 0 Å². The highest BCUT2D eigenvalue weighted by Gasteiger charge is 2.16. The van der Waals surface area contributed by atoms with E-state index >= 15 is 0 Å². The molecule has 1 heterocycles. The van der Waals surface area contributed by atoms with E-state index in [4.69, 9.17) is 15.6 Å². The van der Waals surface area contributed by atoms with Gasteiger partial charge in [0.25, 0.3) is 0 Å². The molecule has 0 saturated carbocycles. The van der Waals surface area contributed by atoms with Crippen LogP contribution in [0.2, 0.25) is 0 Å².